The van der Waals surface area contributed by atoms with Crippen molar-refractivity contribution in [2.75, 3.05) is 0 Å². The van der Waals surface area contributed by atoms with Gasteiger partial charge in [0.15, 0.2) is 0 Å². The highest BCUT2D eigenvalue weighted by Crippen LogP contribution is 2.22. The summed E-state index contributed by atoms with van der Waals surface area (Å²) in [5.41, 5.74) is 2.08. The van der Waals surface area contributed by atoms with Gasteiger partial charge in [-0.15, -0.1) is 0 Å². The molecule has 0 aromatic carbocycles. The molecule has 5 heteroatoms. The molecule has 3 rings (SSSR count). The molecule has 0 unspecified atom stereocenters. The number of ether oxygens (including phenoxy) is 1. The monoisotopic (exact) mass is 312 g/mol. The lowest BCUT2D eigenvalue weighted by atomic mass is 9.98. The Morgan fingerprint density at radius 2 is 2.00 bits per heavy atom. The zero-order chi connectivity index (χ0) is 15.9. The van der Waals surface area contributed by atoms with Gasteiger partial charge in [0.2, 0.25) is 5.88 Å². The van der Waals surface area contributed by atoms with Gasteiger partial charge in [0.1, 0.15) is 6.10 Å². The van der Waals surface area contributed by atoms with E-state index in [1.54, 1.807) is 18.6 Å². The zero-order valence-corrected chi connectivity index (χ0v) is 13.6. The number of aromatic nitrogens is 3. The zero-order valence-electron chi connectivity index (χ0n) is 13.6. The summed E-state index contributed by atoms with van der Waals surface area (Å²) < 4.78 is 5.96. The number of hydrogen-bond donors (Lipinski definition) is 1. The van der Waals surface area contributed by atoms with Crippen molar-refractivity contribution in [3.8, 4) is 5.88 Å². The second-order valence-corrected chi connectivity index (χ2v) is 6.12. The fraction of sp³-hybridized carbons (Fsp3) is 0.500. The van der Waals surface area contributed by atoms with E-state index in [1.165, 1.54) is 19.3 Å². The van der Waals surface area contributed by atoms with Crippen LogP contribution >= 0.6 is 0 Å². The third-order valence-electron chi connectivity index (χ3n) is 4.28. The molecule has 1 saturated carbocycles. The van der Waals surface area contributed by atoms with Gasteiger partial charge in [0.05, 0.1) is 5.69 Å². The second kappa shape index (κ2) is 8.02. The molecule has 1 N–H and O–H groups in total. The van der Waals surface area contributed by atoms with E-state index in [0.717, 1.165) is 36.5 Å². The third-order valence-corrected chi connectivity index (χ3v) is 4.28. The number of pyridine rings is 1. The standard InChI is InChI=1S/C18H24N4O/c1-14(17-13-19-9-10-20-17)21-11-15-7-8-18(22-12-15)23-16-5-3-2-4-6-16/h7-10,12-14,16,21H,2-6,11H2,1H3/t14-/m0/s1. The summed E-state index contributed by atoms with van der Waals surface area (Å²) in [6, 6.07) is 4.20. The Bertz CT molecular complexity index is 582. The quantitative estimate of drug-likeness (QED) is 0.885. The molecule has 0 amide bonds. The topological polar surface area (TPSA) is 59.9 Å². The Hall–Kier alpha value is -2.01. The second-order valence-electron chi connectivity index (χ2n) is 6.12. The lowest BCUT2D eigenvalue weighted by Crippen LogP contribution is -2.20. The van der Waals surface area contributed by atoms with E-state index in [-0.39, 0.29) is 6.04 Å². The molecule has 1 fully saturated rings. The van der Waals surface area contributed by atoms with Crippen LogP contribution in [0.3, 0.4) is 0 Å². The smallest absolute Gasteiger partial charge is 0.213 e. The molecule has 1 atom stereocenters. The average molecular weight is 312 g/mol. The van der Waals surface area contributed by atoms with Crippen LogP contribution in [0.25, 0.3) is 0 Å². The minimum atomic E-state index is 0.155. The van der Waals surface area contributed by atoms with Crippen molar-refractivity contribution in [1.29, 1.82) is 0 Å². The molecule has 1 aliphatic rings. The average Bonchev–Trinajstić information content (AvgIpc) is 2.62. The minimum absolute atomic E-state index is 0.155. The normalized spacial score (nSPS) is 16.9. The number of rotatable bonds is 6. The van der Waals surface area contributed by atoms with E-state index < -0.39 is 0 Å². The van der Waals surface area contributed by atoms with Crippen LogP contribution in [0.4, 0.5) is 0 Å². The molecule has 122 valence electrons. The number of nitrogens with zero attached hydrogens (tertiary/aromatic N) is 3. The van der Waals surface area contributed by atoms with Gasteiger partial charge < -0.3 is 10.1 Å². The van der Waals surface area contributed by atoms with Crippen molar-refractivity contribution < 1.29 is 4.74 Å². The highest BCUT2D eigenvalue weighted by molar-refractivity contribution is 5.18. The van der Waals surface area contributed by atoms with Gasteiger partial charge in [-0.25, -0.2) is 4.98 Å². The maximum atomic E-state index is 5.96. The third kappa shape index (κ3) is 4.73. The van der Waals surface area contributed by atoms with E-state index in [0.29, 0.717) is 6.10 Å². The van der Waals surface area contributed by atoms with E-state index in [1.807, 2.05) is 12.3 Å². The molecule has 1 aliphatic carbocycles. The van der Waals surface area contributed by atoms with Gasteiger partial charge in [-0.2, -0.15) is 0 Å². The summed E-state index contributed by atoms with van der Waals surface area (Å²) in [5.74, 6) is 0.739. The van der Waals surface area contributed by atoms with Gasteiger partial charge in [-0.05, 0) is 38.2 Å². The van der Waals surface area contributed by atoms with Crippen LogP contribution < -0.4 is 10.1 Å². The molecule has 5 nitrogen and oxygen atoms in total. The van der Waals surface area contributed by atoms with Crippen LogP contribution in [0.15, 0.2) is 36.9 Å². The van der Waals surface area contributed by atoms with E-state index >= 15 is 0 Å². The van der Waals surface area contributed by atoms with Crippen LogP contribution in [-0.2, 0) is 6.54 Å². The van der Waals surface area contributed by atoms with Gasteiger partial charge in [-0.1, -0.05) is 12.5 Å². The molecule has 0 bridgehead atoms. The first-order valence-corrected chi connectivity index (χ1v) is 8.42. The molecule has 0 saturated heterocycles. The molecule has 2 heterocycles. The van der Waals surface area contributed by atoms with Gasteiger partial charge in [0, 0.05) is 43.4 Å². The molecule has 2 aromatic heterocycles. The Labute approximate surface area is 137 Å². The maximum absolute atomic E-state index is 5.96. The first-order valence-electron chi connectivity index (χ1n) is 8.42. The fourth-order valence-electron chi connectivity index (χ4n) is 2.85. The van der Waals surface area contributed by atoms with Crippen LogP contribution in [0.5, 0.6) is 5.88 Å². The molecule has 23 heavy (non-hydrogen) atoms. The molecule has 0 radical (unpaired) electrons. The SMILES string of the molecule is C[C@H](NCc1ccc(OC2CCCCC2)nc1)c1cnccn1. The molecular weight excluding hydrogens is 288 g/mol. The summed E-state index contributed by atoms with van der Waals surface area (Å²) in [4.78, 5) is 12.8. The van der Waals surface area contributed by atoms with Gasteiger partial charge in [0.25, 0.3) is 0 Å². The number of nitrogens with one attached hydrogen (secondary N) is 1. The summed E-state index contributed by atoms with van der Waals surface area (Å²) in [7, 11) is 0. The first-order chi connectivity index (χ1) is 11.3. The van der Waals surface area contributed by atoms with Gasteiger partial charge >= 0.3 is 0 Å². The lowest BCUT2D eigenvalue weighted by molar-refractivity contribution is 0.148. The first kappa shape index (κ1) is 15.9. The molecular formula is C18H24N4O. The molecule has 0 aliphatic heterocycles. The number of hydrogen-bond acceptors (Lipinski definition) is 5. The summed E-state index contributed by atoms with van der Waals surface area (Å²) in [6.07, 6.45) is 13.6. The van der Waals surface area contributed by atoms with Crippen LogP contribution in [0.1, 0.15) is 56.3 Å². The summed E-state index contributed by atoms with van der Waals surface area (Å²) in [6.45, 7) is 2.83. The van der Waals surface area contributed by atoms with Crippen LogP contribution in [0, 0.1) is 0 Å². The maximum Gasteiger partial charge on any atom is 0.213 e. The minimum Gasteiger partial charge on any atom is -0.474 e. The highest BCUT2D eigenvalue weighted by Gasteiger charge is 2.15. The van der Waals surface area contributed by atoms with Crippen molar-refractivity contribution in [2.45, 2.75) is 57.7 Å². The highest BCUT2D eigenvalue weighted by atomic mass is 16.5. The Balaban J connectivity index is 1.49. The molecule has 0 spiro atoms. The van der Waals surface area contributed by atoms with Crippen molar-refractivity contribution in [2.24, 2.45) is 0 Å². The van der Waals surface area contributed by atoms with Crippen molar-refractivity contribution >= 4 is 0 Å². The lowest BCUT2D eigenvalue weighted by Gasteiger charge is -2.22. The molecule has 2 aromatic rings. The van der Waals surface area contributed by atoms with E-state index in [2.05, 4.69) is 33.3 Å². The van der Waals surface area contributed by atoms with Crippen molar-refractivity contribution in [1.82, 2.24) is 20.3 Å². The fourth-order valence-corrected chi connectivity index (χ4v) is 2.85. The van der Waals surface area contributed by atoms with Crippen LogP contribution in [-0.4, -0.2) is 21.1 Å². The van der Waals surface area contributed by atoms with Gasteiger partial charge in [-0.3, -0.25) is 9.97 Å². The van der Waals surface area contributed by atoms with E-state index in [9.17, 15) is 0 Å². The summed E-state index contributed by atoms with van der Waals surface area (Å²) >= 11 is 0. The Morgan fingerprint density at radius 3 is 2.70 bits per heavy atom. The van der Waals surface area contributed by atoms with Crippen molar-refractivity contribution in [3.63, 3.8) is 0 Å². The predicted molar refractivity (Wildman–Crippen MR) is 89.0 cm³/mol. The largest absolute Gasteiger partial charge is 0.474 e. The van der Waals surface area contributed by atoms with Crippen LogP contribution in [0.2, 0.25) is 0 Å². The Kier molecular flexibility index (Phi) is 5.53. The Morgan fingerprint density at radius 1 is 1.13 bits per heavy atom. The van der Waals surface area contributed by atoms with Crippen molar-refractivity contribution in [3.05, 3.63) is 48.2 Å². The van der Waals surface area contributed by atoms with E-state index in [4.69, 9.17) is 4.74 Å². The predicted octanol–water partition coefficient (Wildman–Crippen LogP) is 3.43. The summed E-state index contributed by atoms with van der Waals surface area (Å²) in [5, 5.41) is 3.43.